The van der Waals surface area contributed by atoms with E-state index in [0.29, 0.717) is 16.3 Å². The van der Waals surface area contributed by atoms with Crippen molar-refractivity contribution in [3.05, 3.63) is 83.9 Å². The molecular formula is C23H21NO6S2. The number of rotatable bonds is 9. The molecule has 0 aliphatic heterocycles. The Morgan fingerprint density at radius 1 is 0.938 bits per heavy atom. The van der Waals surface area contributed by atoms with Crippen LogP contribution in [0.5, 0.6) is 5.75 Å². The number of hydrogen-bond donors (Lipinski definition) is 2. The van der Waals surface area contributed by atoms with Gasteiger partial charge in [-0.25, -0.2) is 13.2 Å². The SMILES string of the molecule is COc1ccc(S(=O)(=O)CCSc2ccccc2NC(=O)c2ccccc2C(=O)O)cc1. The van der Waals surface area contributed by atoms with E-state index in [2.05, 4.69) is 5.32 Å². The third-order valence-corrected chi connectivity index (χ3v) is 7.63. The van der Waals surface area contributed by atoms with E-state index in [0.717, 1.165) is 0 Å². The topological polar surface area (TPSA) is 110 Å². The number of carbonyl (C=O) groups is 2. The molecule has 7 nitrogen and oxygen atoms in total. The zero-order chi connectivity index (χ0) is 23.1. The van der Waals surface area contributed by atoms with Gasteiger partial charge < -0.3 is 15.2 Å². The van der Waals surface area contributed by atoms with Gasteiger partial charge in [0, 0.05) is 10.6 Å². The maximum atomic E-state index is 12.7. The highest BCUT2D eigenvalue weighted by Crippen LogP contribution is 2.28. The molecule has 0 spiro atoms. The van der Waals surface area contributed by atoms with Crippen LogP contribution in [0.3, 0.4) is 0 Å². The molecule has 3 rings (SSSR count). The lowest BCUT2D eigenvalue weighted by molar-refractivity contribution is 0.0692. The molecule has 0 aliphatic carbocycles. The first-order chi connectivity index (χ1) is 15.3. The molecule has 9 heteroatoms. The summed E-state index contributed by atoms with van der Waals surface area (Å²) in [6.45, 7) is 0. The molecule has 0 aromatic heterocycles. The van der Waals surface area contributed by atoms with Crippen LogP contribution in [-0.2, 0) is 9.84 Å². The molecule has 3 aromatic carbocycles. The lowest BCUT2D eigenvalue weighted by Gasteiger charge is -2.12. The lowest BCUT2D eigenvalue weighted by atomic mass is 10.1. The molecule has 0 heterocycles. The largest absolute Gasteiger partial charge is 0.497 e. The van der Waals surface area contributed by atoms with Crippen molar-refractivity contribution >= 4 is 39.2 Å². The van der Waals surface area contributed by atoms with E-state index >= 15 is 0 Å². The van der Waals surface area contributed by atoms with Gasteiger partial charge in [0.2, 0.25) is 0 Å². The van der Waals surface area contributed by atoms with Crippen LogP contribution in [0, 0.1) is 0 Å². The standard InChI is InChI=1S/C23H21NO6S2/c1-30-16-10-12-17(13-11-16)32(28,29)15-14-31-21-9-5-4-8-20(21)24-22(25)18-6-2-3-7-19(18)23(26)27/h2-13H,14-15H2,1H3,(H,24,25)(H,26,27). The normalized spacial score (nSPS) is 11.0. The Hall–Kier alpha value is -3.30. The minimum atomic E-state index is -3.48. The number of ether oxygens (including phenoxy) is 1. The van der Waals surface area contributed by atoms with Crippen molar-refractivity contribution in [3.63, 3.8) is 0 Å². The monoisotopic (exact) mass is 471 g/mol. The number of benzene rings is 3. The van der Waals surface area contributed by atoms with Crippen LogP contribution >= 0.6 is 11.8 Å². The number of aromatic carboxylic acids is 1. The van der Waals surface area contributed by atoms with Crippen molar-refractivity contribution in [2.24, 2.45) is 0 Å². The van der Waals surface area contributed by atoms with Gasteiger partial charge in [-0.15, -0.1) is 11.8 Å². The molecule has 2 N–H and O–H groups in total. The van der Waals surface area contributed by atoms with Gasteiger partial charge in [0.25, 0.3) is 5.91 Å². The molecule has 0 radical (unpaired) electrons. The van der Waals surface area contributed by atoms with E-state index in [-0.39, 0.29) is 27.5 Å². The van der Waals surface area contributed by atoms with Crippen LogP contribution in [0.15, 0.2) is 82.6 Å². The number of methoxy groups -OCH3 is 1. The molecule has 3 aromatic rings. The van der Waals surface area contributed by atoms with Gasteiger partial charge in [-0.2, -0.15) is 0 Å². The van der Waals surface area contributed by atoms with Crippen molar-refractivity contribution in [3.8, 4) is 5.75 Å². The number of para-hydroxylation sites is 1. The Morgan fingerprint density at radius 2 is 1.56 bits per heavy atom. The Labute approximate surface area is 190 Å². The number of sulfone groups is 1. The molecule has 0 atom stereocenters. The first kappa shape index (κ1) is 23.4. The predicted octanol–water partition coefficient (Wildman–Crippen LogP) is 4.21. The fourth-order valence-corrected chi connectivity index (χ4v) is 5.58. The summed E-state index contributed by atoms with van der Waals surface area (Å²) in [7, 11) is -1.97. The molecule has 0 aliphatic rings. The zero-order valence-corrected chi connectivity index (χ0v) is 18.8. The number of carboxylic acid groups (broad SMARTS) is 1. The van der Waals surface area contributed by atoms with E-state index in [1.54, 1.807) is 48.5 Å². The van der Waals surface area contributed by atoms with Gasteiger partial charge in [-0.05, 0) is 48.5 Å². The Morgan fingerprint density at radius 3 is 2.22 bits per heavy atom. The average molecular weight is 472 g/mol. The third kappa shape index (κ3) is 5.68. The summed E-state index contributed by atoms with van der Waals surface area (Å²) in [4.78, 5) is 25.0. The number of amides is 1. The number of hydrogen-bond acceptors (Lipinski definition) is 6. The average Bonchev–Trinajstić information content (AvgIpc) is 2.80. The number of anilines is 1. The highest BCUT2D eigenvalue weighted by Gasteiger charge is 2.18. The maximum Gasteiger partial charge on any atom is 0.336 e. The van der Waals surface area contributed by atoms with Gasteiger partial charge in [0.1, 0.15) is 5.75 Å². The van der Waals surface area contributed by atoms with Crippen molar-refractivity contribution in [2.75, 3.05) is 23.9 Å². The van der Waals surface area contributed by atoms with Crippen LogP contribution in [0.1, 0.15) is 20.7 Å². The van der Waals surface area contributed by atoms with Gasteiger partial charge in [0.05, 0.1) is 34.6 Å². The second-order valence-electron chi connectivity index (χ2n) is 6.64. The first-order valence-electron chi connectivity index (χ1n) is 9.54. The van der Waals surface area contributed by atoms with Gasteiger partial charge in [-0.1, -0.05) is 24.3 Å². The summed E-state index contributed by atoms with van der Waals surface area (Å²) in [5.41, 5.74) is 0.423. The molecule has 0 saturated carbocycles. The third-order valence-electron chi connectivity index (χ3n) is 4.57. The molecule has 0 bridgehead atoms. The van der Waals surface area contributed by atoms with Crippen LogP contribution in [0.2, 0.25) is 0 Å². The first-order valence-corrected chi connectivity index (χ1v) is 12.2. The van der Waals surface area contributed by atoms with Crippen molar-refractivity contribution in [1.29, 1.82) is 0 Å². The Bertz CT molecular complexity index is 1220. The summed E-state index contributed by atoms with van der Waals surface area (Å²) in [6.07, 6.45) is 0. The number of nitrogens with one attached hydrogen (secondary N) is 1. The maximum absolute atomic E-state index is 12.7. The zero-order valence-electron chi connectivity index (χ0n) is 17.1. The second kappa shape index (κ2) is 10.3. The fraction of sp³-hybridized carbons (Fsp3) is 0.130. The van der Waals surface area contributed by atoms with Gasteiger partial charge in [0.15, 0.2) is 9.84 Å². The van der Waals surface area contributed by atoms with Gasteiger partial charge >= 0.3 is 5.97 Å². The van der Waals surface area contributed by atoms with Crippen LogP contribution in [0.4, 0.5) is 5.69 Å². The number of carboxylic acids is 1. The molecule has 0 unspecified atom stereocenters. The van der Waals surface area contributed by atoms with Crippen LogP contribution < -0.4 is 10.1 Å². The van der Waals surface area contributed by atoms with Crippen molar-refractivity contribution in [2.45, 2.75) is 9.79 Å². The number of carbonyl (C=O) groups excluding carboxylic acids is 1. The van der Waals surface area contributed by atoms with E-state index < -0.39 is 21.7 Å². The minimum absolute atomic E-state index is 0.0434. The molecular weight excluding hydrogens is 450 g/mol. The van der Waals surface area contributed by atoms with Crippen molar-refractivity contribution < 1.29 is 27.9 Å². The summed E-state index contributed by atoms with van der Waals surface area (Å²) in [6, 6.07) is 19.1. The lowest BCUT2D eigenvalue weighted by Crippen LogP contribution is -2.16. The Kier molecular flexibility index (Phi) is 7.55. The van der Waals surface area contributed by atoms with E-state index in [4.69, 9.17) is 4.74 Å². The molecule has 1 amide bonds. The highest BCUT2D eigenvalue weighted by atomic mass is 32.2. The highest BCUT2D eigenvalue weighted by molar-refractivity contribution is 8.00. The summed E-state index contributed by atoms with van der Waals surface area (Å²) >= 11 is 1.29. The minimum Gasteiger partial charge on any atom is -0.497 e. The molecule has 166 valence electrons. The van der Waals surface area contributed by atoms with E-state index in [1.807, 2.05) is 0 Å². The molecule has 0 saturated heterocycles. The second-order valence-corrected chi connectivity index (χ2v) is 9.89. The summed E-state index contributed by atoms with van der Waals surface area (Å²) < 4.78 is 30.2. The Balaban J connectivity index is 1.69. The quantitative estimate of drug-likeness (QED) is 0.450. The van der Waals surface area contributed by atoms with E-state index in [9.17, 15) is 23.1 Å². The van der Waals surface area contributed by atoms with E-state index in [1.165, 1.54) is 43.1 Å². The van der Waals surface area contributed by atoms with Gasteiger partial charge in [-0.3, -0.25) is 4.79 Å². The van der Waals surface area contributed by atoms with Crippen LogP contribution in [-0.4, -0.2) is 44.0 Å². The molecule has 0 fully saturated rings. The summed E-state index contributed by atoms with van der Waals surface area (Å²) in [5.74, 6) is -0.988. The smallest absolute Gasteiger partial charge is 0.336 e. The summed E-state index contributed by atoms with van der Waals surface area (Å²) in [5, 5.41) is 12.0. The van der Waals surface area contributed by atoms with Crippen LogP contribution in [0.25, 0.3) is 0 Å². The number of thioether (sulfide) groups is 1. The fourth-order valence-electron chi connectivity index (χ4n) is 2.92. The predicted molar refractivity (Wildman–Crippen MR) is 124 cm³/mol. The van der Waals surface area contributed by atoms with Crippen molar-refractivity contribution in [1.82, 2.24) is 0 Å². The molecule has 32 heavy (non-hydrogen) atoms.